The fourth-order valence-corrected chi connectivity index (χ4v) is 9.29. The van der Waals surface area contributed by atoms with Crippen LogP contribution in [0.3, 0.4) is 0 Å². The third-order valence-corrected chi connectivity index (χ3v) is 12.1. The summed E-state index contributed by atoms with van der Waals surface area (Å²) in [5.41, 5.74) is 17.0. The van der Waals surface area contributed by atoms with Crippen LogP contribution < -0.4 is 0 Å². The first-order valence-corrected chi connectivity index (χ1v) is 20.8. The number of rotatable bonds is 7. The molecular formula is C60H40. The average molecular weight is 761 g/mol. The molecule has 0 saturated carbocycles. The van der Waals surface area contributed by atoms with Crippen LogP contribution >= 0.6 is 0 Å². The Hall–Kier alpha value is -7.80. The van der Waals surface area contributed by atoms with Crippen molar-refractivity contribution in [3.05, 3.63) is 243 Å². The van der Waals surface area contributed by atoms with Crippen molar-refractivity contribution < 1.29 is 0 Å². The van der Waals surface area contributed by atoms with E-state index in [2.05, 4.69) is 243 Å². The van der Waals surface area contributed by atoms with Gasteiger partial charge in [0.2, 0.25) is 0 Å². The molecule has 0 amide bonds. The Morgan fingerprint density at radius 1 is 0.167 bits per heavy atom. The average Bonchev–Trinajstić information content (AvgIpc) is 3.33. The fraction of sp³-hybridized carbons (Fsp3) is 0. The van der Waals surface area contributed by atoms with Crippen LogP contribution in [0.5, 0.6) is 0 Å². The van der Waals surface area contributed by atoms with Crippen LogP contribution in [0.2, 0.25) is 0 Å². The van der Waals surface area contributed by atoms with Gasteiger partial charge in [-0.15, -0.1) is 0 Å². The zero-order valence-electron chi connectivity index (χ0n) is 33.1. The Morgan fingerprint density at radius 3 is 1.23 bits per heavy atom. The second kappa shape index (κ2) is 15.2. The van der Waals surface area contributed by atoms with Crippen LogP contribution in [-0.2, 0) is 0 Å². The molecule has 0 aliphatic heterocycles. The molecule has 11 aromatic carbocycles. The second-order valence-corrected chi connectivity index (χ2v) is 15.6. The van der Waals surface area contributed by atoms with Crippen molar-refractivity contribution in [3.63, 3.8) is 0 Å². The second-order valence-electron chi connectivity index (χ2n) is 15.6. The molecule has 0 N–H and O–H groups in total. The predicted octanol–water partition coefficient (Wildman–Crippen LogP) is 16.8. The molecule has 0 aliphatic rings. The third-order valence-electron chi connectivity index (χ3n) is 12.1. The van der Waals surface area contributed by atoms with Gasteiger partial charge in [0, 0.05) is 0 Å². The van der Waals surface area contributed by atoms with Gasteiger partial charge in [-0.3, -0.25) is 0 Å². The normalized spacial score (nSPS) is 11.3. The Bertz CT molecular complexity index is 3280. The zero-order valence-corrected chi connectivity index (χ0v) is 33.1. The van der Waals surface area contributed by atoms with E-state index in [0.717, 1.165) is 0 Å². The summed E-state index contributed by atoms with van der Waals surface area (Å²) in [6.07, 6.45) is 0. The summed E-state index contributed by atoms with van der Waals surface area (Å²) in [4.78, 5) is 0. The molecular weight excluding hydrogens is 721 g/mol. The summed E-state index contributed by atoms with van der Waals surface area (Å²) in [5.74, 6) is 0. The molecule has 11 rings (SSSR count). The van der Waals surface area contributed by atoms with E-state index in [0.29, 0.717) is 0 Å². The SMILES string of the molecule is c1ccc(-c2cccc(-c3ccc(-c4ccccc4-c4ccc(-c5cccc6ccccc56)cc4)cc3-c3c4ccccc4c(-c4ccccc4)c4ccccc34)c2)cc1. The first-order valence-electron chi connectivity index (χ1n) is 20.8. The van der Waals surface area contributed by atoms with Crippen LogP contribution in [0, 0.1) is 0 Å². The molecule has 280 valence electrons. The molecule has 0 nitrogen and oxygen atoms in total. The van der Waals surface area contributed by atoms with E-state index in [1.165, 1.54) is 110 Å². The van der Waals surface area contributed by atoms with E-state index in [1.54, 1.807) is 0 Å². The molecule has 0 unspecified atom stereocenters. The van der Waals surface area contributed by atoms with Gasteiger partial charge in [-0.05, 0) is 122 Å². The Labute approximate surface area is 351 Å². The van der Waals surface area contributed by atoms with Crippen LogP contribution in [0.25, 0.3) is 110 Å². The minimum absolute atomic E-state index is 1.18. The first kappa shape index (κ1) is 35.4. The molecule has 0 fully saturated rings. The molecule has 0 radical (unpaired) electrons. The summed E-state index contributed by atoms with van der Waals surface area (Å²) < 4.78 is 0. The number of hydrogen-bond donors (Lipinski definition) is 0. The molecule has 11 aromatic rings. The van der Waals surface area contributed by atoms with Crippen molar-refractivity contribution >= 4 is 32.3 Å². The Kier molecular flexibility index (Phi) is 8.95. The zero-order chi connectivity index (χ0) is 39.8. The summed E-state index contributed by atoms with van der Waals surface area (Å²) in [7, 11) is 0. The maximum Gasteiger partial charge on any atom is -0.00199 e. The van der Waals surface area contributed by atoms with Gasteiger partial charge in [0.1, 0.15) is 0 Å². The molecule has 0 spiro atoms. The van der Waals surface area contributed by atoms with Crippen molar-refractivity contribution in [2.24, 2.45) is 0 Å². The quantitative estimate of drug-likeness (QED) is 0.142. The molecule has 0 aliphatic carbocycles. The maximum atomic E-state index is 2.45. The first-order chi connectivity index (χ1) is 29.8. The summed E-state index contributed by atoms with van der Waals surface area (Å²) in [5, 5.41) is 7.50. The smallest absolute Gasteiger partial charge is 0.00199 e. The van der Waals surface area contributed by atoms with Crippen LogP contribution in [-0.4, -0.2) is 0 Å². The van der Waals surface area contributed by atoms with E-state index >= 15 is 0 Å². The number of hydrogen-bond acceptors (Lipinski definition) is 0. The minimum atomic E-state index is 1.18. The highest BCUT2D eigenvalue weighted by Gasteiger charge is 2.21. The van der Waals surface area contributed by atoms with Gasteiger partial charge >= 0.3 is 0 Å². The predicted molar refractivity (Wildman–Crippen MR) is 257 cm³/mol. The van der Waals surface area contributed by atoms with Crippen LogP contribution in [0.15, 0.2) is 243 Å². The Balaban J connectivity index is 1.13. The lowest BCUT2D eigenvalue weighted by atomic mass is 9.82. The maximum absolute atomic E-state index is 2.45. The summed E-state index contributed by atoms with van der Waals surface area (Å²) >= 11 is 0. The van der Waals surface area contributed by atoms with Crippen molar-refractivity contribution in [2.45, 2.75) is 0 Å². The van der Waals surface area contributed by atoms with Gasteiger partial charge in [0.25, 0.3) is 0 Å². The highest BCUT2D eigenvalue weighted by molar-refractivity contribution is 6.22. The monoisotopic (exact) mass is 760 g/mol. The lowest BCUT2D eigenvalue weighted by Gasteiger charge is -2.21. The van der Waals surface area contributed by atoms with E-state index in [4.69, 9.17) is 0 Å². The van der Waals surface area contributed by atoms with E-state index in [-0.39, 0.29) is 0 Å². The van der Waals surface area contributed by atoms with Crippen LogP contribution in [0.1, 0.15) is 0 Å². The van der Waals surface area contributed by atoms with E-state index in [1.807, 2.05) is 0 Å². The number of fused-ring (bicyclic) bond motifs is 3. The molecule has 60 heavy (non-hydrogen) atoms. The van der Waals surface area contributed by atoms with Gasteiger partial charge < -0.3 is 0 Å². The van der Waals surface area contributed by atoms with Crippen molar-refractivity contribution in [3.8, 4) is 77.9 Å². The van der Waals surface area contributed by atoms with Crippen molar-refractivity contribution in [2.75, 3.05) is 0 Å². The molecule has 0 heteroatoms. The van der Waals surface area contributed by atoms with Crippen molar-refractivity contribution in [1.29, 1.82) is 0 Å². The third kappa shape index (κ3) is 6.27. The highest BCUT2D eigenvalue weighted by Crippen LogP contribution is 2.48. The number of benzene rings is 11. The fourth-order valence-electron chi connectivity index (χ4n) is 9.29. The molecule has 0 atom stereocenters. The summed E-state index contributed by atoms with van der Waals surface area (Å²) in [6.45, 7) is 0. The minimum Gasteiger partial charge on any atom is -0.0622 e. The van der Waals surface area contributed by atoms with Gasteiger partial charge in [-0.2, -0.15) is 0 Å². The highest BCUT2D eigenvalue weighted by atomic mass is 14.2. The Morgan fingerprint density at radius 2 is 0.567 bits per heavy atom. The van der Waals surface area contributed by atoms with E-state index < -0.39 is 0 Å². The van der Waals surface area contributed by atoms with Gasteiger partial charge in [-0.1, -0.05) is 231 Å². The van der Waals surface area contributed by atoms with Gasteiger partial charge in [0.05, 0.1) is 0 Å². The van der Waals surface area contributed by atoms with Crippen LogP contribution in [0.4, 0.5) is 0 Å². The topological polar surface area (TPSA) is 0 Å². The van der Waals surface area contributed by atoms with Gasteiger partial charge in [-0.25, -0.2) is 0 Å². The molecule has 0 saturated heterocycles. The lowest BCUT2D eigenvalue weighted by Crippen LogP contribution is -1.94. The van der Waals surface area contributed by atoms with Gasteiger partial charge in [0.15, 0.2) is 0 Å². The molecule has 0 bridgehead atoms. The van der Waals surface area contributed by atoms with Crippen molar-refractivity contribution in [1.82, 2.24) is 0 Å². The summed E-state index contributed by atoms with van der Waals surface area (Å²) in [6, 6.07) is 88.8. The standard InChI is InChI=1S/C60H40/c1-3-17-41(18-4-1)46-23-15-24-47(39-46)53-38-37-48(52-27-10-9-26-50(52)43-33-35-44(36-34-43)51-32-16-22-42-19-7-8-25-49(42)51)40-58(53)60-56-30-13-11-28-54(56)59(45-20-5-2-6-21-45)55-29-12-14-31-57(55)60/h1-40H. The van der Waals surface area contributed by atoms with E-state index in [9.17, 15) is 0 Å². The molecule has 0 aromatic heterocycles. The lowest BCUT2D eigenvalue weighted by molar-refractivity contribution is 1.56. The molecule has 0 heterocycles. The largest absolute Gasteiger partial charge is 0.0622 e.